The molecule has 0 aliphatic heterocycles. The summed E-state index contributed by atoms with van der Waals surface area (Å²) in [4.78, 5) is 35.8. The van der Waals surface area contributed by atoms with Crippen molar-refractivity contribution < 1.29 is 24.2 Å². The van der Waals surface area contributed by atoms with Gasteiger partial charge < -0.3 is 14.6 Å². The molecule has 2 aromatic heterocycles. The molecule has 0 saturated heterocycles. The van der Waals surface area contributed by atoms with Gasteiger partial charge in [-0.05, 0) is 70.9 Å². The van der Waals surface area contributed by atoms with Gasteiger partial charge in [0.05, 0.1) is 30.5 Å². The molecular formula is C29H33N3O5. The van der Waals surface area contributed by atoms with E-state index >= 15 is 0 Å². The van der Waals surface area contributed by atoms with Crippen molar-refractivity contribution in [2.24, 2.45) is 5.92 Å². The van der Waals surface area contributed by atoms with Crippen LogP contribution < -0.4 is 4.90 Å². The number of nitrogens with zero attached hydrogens (tertiary/aromatic N) is 3. The molecule has 2 atom stereocenters. The summed E-state index contributed by atoms with van der Waals surface area (Å²) < 4.78 is 10.8. The zero-order chi connectivity index (χ0) is 26.7. The number of hydrogen-bond donors (Lipinski definition) is 1. The highest BCUT2D eigenvalue weighted by Gasteiger charge is 2.47. The largest absolute Gasteiger partial charge is 0.506 e. The van der Waals surface area contributed by atoms with Gasteiger partial charge in [-0.25, -0.2) is 14.8 Å². The molecule has 1 aromatic carbocycles. The highest BCUT2D eigenvalue weighted by Crippen LogP contribution is 2.50. The SMILES string of the molecule is CCOC(=O)[C@H]1C[C@@H]1c1nc(-c2ccc(N(Cc3cccc(C)c3)C(=O)OC(C)(C)C)nc2)ccc1O. The summed E-state index contributed by atoms with van der Waals surface area (Å²) in [6.07, 6.45) is 1.75. The van der Waals surface area contributed by atoms with Crippen LogP contribution in [-0.4, -0.2) is 39.3 Å². The van der Waals surface area contributed by atoms with Crippen LogP contribution in [0.2, 0.25) is 0 Å². The standard InChI is InChI=1S/C29H33N3O5/c1-6-36-27(34)22-15-21(22)26-24(33)12-11-23(31-26)20-10-13-25(30-16-20)32(28(35)37-29(3,4)5)17-19-9-7-8-18(2)14-19/h7-14,16,21-22,33H,6,15,17H2,1-5H3/t21-,22-/m0/s1. The van der Waals surface area contributed by atoms with Gasteiger partial charge in [0.1, 0.15) is 17.2 Å². The lowest BCUT2D eigenvalue weighted by Gasteiger charge is -2.27. The van der Waals surface area contributed by atoms with Crippen LogP contribution >= 0.6 is 0 Å². The summed E-state index contributed by atoms with van der Waals surface area (Å²) in [6, 6.07) is 14.8. The smallest absolute Gasteiger partial charge is 0.416 e. The van der Waals surface area contributed by atoms with E-state index in [2.05, 4.69) is 9.97 Å². The minimum atomic E-state index is -0.654. The maximum absolute atomic E-state index is 13.1. The summed E-state index contributed by atoms with van der Waals surface area (Å²) in [5, 5.41) is 10.4. The van der Waals surface area contributed by atoms with E-state index in [1.807, 2.05) is 58.0 Å². The molecule has 1 saturated carbocycles. The van der Waals surface area contributed by atoms with E-state index in [-0.39, 0.29) is 23.6 Å². The maximum atomic E-state index is 13.1. The maximum Gasteiger partial charge on any atom is 0.416 e. The first-order valence-electron chi connectivity index (χ1n) is 12.4. The zero-order valence-corrected chi connectivity index (χ0v) is 21.9. The lowest BCUT2D eigenvalue weighted by molar-refractivity contribution is -0.144. The Morgan fingerprint density at radius 1 is 1.14 bits per heavy atom. The van der Waals surface area contributed by atoms with Crippen molar-refractivity contribution in [2.75, 3.05) is 11.5 Å². The number of anilines is 1. The van der Waals surface area contributed by atoms with E-state index in [0.717, 1.165) is 16.7 Å². The van der Waals surface area contributed by atoms with Gasteiger partial charge in [0.2, 0.25) is 0 Å². The van der Waals surface area contributed by atoms with Crippen LogP contribution in [0, 0.1) is 12.8 Å². The molecule has 1 aliphatic rings. The van der Waals surface area contributed by atoms with Crippen molar-refractivity contribution in [3.05, 3.63) is 71.5 Å². The molecule has 2 heterocycles. The van der Waals surface area contributed by atoms with E-state index in [4.69, 9.17) is 9.47 Å². The molecule has 8 nitrogen and oxygen atoms in total. The quantitative estimate of drug-likeness (QED) is 0.409. The van der Waals surface area contributed by atoms with Crippen LogP contribution in [0.4, 0.5) is 10.6 Å². The van der Waals surface area contributed by atoms with Gasteiger partial charge in [-0.3, -0.25) is 9.69 Å². The number of ether oxygens (including phenoxy) is 2. The lowest BCUT2D eigenvalue weighted by Crippen LogP contribution is -2.37. The Morgan fingerprint density at radius 3 is 2.57 bits per heavy atom. The van der Waals surface area contributed by atoms with Crippen LogP contribution in [0.1, 0.15) is 56.9 Å². The number of aromatic nitrogens is 2. The first kappa shape index (κ1) is 26.1. The Kier molecular flexibility index (Phi) is 7.47. The molecule has 37 heavy (non-hydrogen) atoms. The normalized spacial score (nSPS) is 16.7. The third-order valence-electron chi connectivity index (χ3n) is 5.99. The fraction of sp³-hybridized carbons (Fsp3) is 0.379. The van der Waals surface area contributed by atoms with Gasteiger partial charge >= 0.3 is 12.1 Å². The highest BCUT2D eigenvalue weighted by molar-refractivity contribution is 5.87. The monoisotopic (exact) mass is 503 g/mol. The average molecular weight is 504 g/mol. The number of rotatable bonds is 7. The number of carbonyl (C=O) groups is 2. The van der Waals surface area contributed by atoms with Crippen LogP contribution in [-0.2, 0) is 20.8 Å². The number of pyridine rings is 2. The molecule has 0 unspecified atom stereocenters. The molecular weight excluding hydrogens is 470 g/mol. The van der Waals surface area contributed by atoms with Crippen molar-refractivity contribution in [3.63, 3.8) is 0 Å². The van der Waals surface area contributed by atoms with Gasteiger partial charge in [-0.1, -0.05) is 29.8 Å². The summed E-state index contributed by atoms with van der Waals surface area (Å²) in [6.45, 7) is 9.88. The summed E-state index contributed by atoms with van der Waals surface area (Å²) >= 11 is 0. The predicted octanol–water partition coefficient (Wildman–Crippen LogP) is 5.77. The molecule has 8 heteroatoms. The summed E-state index contributed by atoms with van der Waals surface area (Å²) in [5.41, 5.74) is 3.22. The zero-order valence-electron chi connectivity index (χ0n) is 21.9. The summed E-state index contributed by atoms with van der Waals surface area (Å²) in [5.74, 6) is -0.204. The van der Waals surface area contributed by atoms with E-state index in [9.17, 15) is 14.7 Å². The fourth-order valence-corrected chi connectivity index (χ4v) is 4.15. The molecule has 0 radical (unpaired) electrons. The number of carbonyl (C=O) groups excluding carboxylic acids is 2. The molecule has 0 spiro atoms. The summed E-state index contributed by atoms with van der Waals surface area (Å²) in [7, 11) is 0. The van der Waals surface area contributed by atoms with Crippen LogP contribution in [0.25, 0.3) is 11.3 Å². The Labute approximate surface area is 217 Å². The average Bonchev–Trinajstić information content (AvgIpc) is 3.63. The second kappa shape index (κ2) is 10.6. The predicted molar refractivity (Wildman–Crippen MR) is 140 cm³/mol. The number of benzene rings is 1. The number of hydrogen-bond acceptors (Lipinski definition) is 7. The topological polar surface area (TPSA) is 102 Å². The molecule has 1 fully saturated rings. The first-order valence-corrected chi connectivity index (χ1v) is 12.4. The first-order chi connectivity index (χ1) is 17.6. The Bertz CT molecular complexity index is 1280. The Morgan fingerprint density at radius 2 is 1.92 bits per heavy atom. The number of amides is 1. The van der Waals surface area contributed by atoms with Gasteiger partial charge in [0.15, 0.2) is 0 Å². The second-order valence-electron chi connectivity index (χ2n) is 10.3. The number of esters is 1. The molecule has 1 aliphatic carbocycles. The minimum absolute atomic E-state index is 0.0550. The van der Waals surface area contributed by atoms with E-state index < -0.39 is 11.7 Å². The van der Waals surface area contributed by atoms with Gasteiger partial charge in [0, 0.05) is 17.7 Å². The van der Waals surface area contributed by atoms with Crippen molar-refractivity contribution in [2.45, 2.75) is 59.1 Å². The Balaban J connectivity index is 1.58. The Hall–Kier alpha value is -3.94. The lowest BCUT2D eigenvalue weighted by atomic mass is 10.1. The number of aromatic hydroxyl groups is 1. The van der Waals surface area contributed by atoms with Crippen LogP contribution in [0.5, 0.6) is 5.75 Å². The van der Waals surface area contributed by atoms with Crippen molar-refractivity contribution in [1.29, 1.82) is 0 Å². The number of aryl methyl sites for hydroxylation is 1. The van der Waals surface area contributed by atoms with Gasteiger partial charge in [-0.15, -0.1) is 0 Å². The van der Waals surface area contributed by atoms with Crippen molar-refractivity contribution in [1.82, 2.24) is 9.97 Å². The van der Waals surface area contributed by atoms with Gasteiger partial charge in [0.25, 0.3) is 0 Å². The molecule has 1 N–H and O–H groups in total. The highest BCUT2D eigenvalue weighted by atomic mass is 16.6. The van der Waals surface area contributed by atoms with Gasteiger partial charge in [-0.2, -0.15) is 0 Å². The molecule has 4 rings (SSSR count). The minimum Gasteiger partial charge on any atom is -0.506 e. The molecule has 0 bridgehead atoms. The van der Waals surface area contributed by atoms with E-state index in [0.29, 0.717) is 36.8 Å². The van der Waals surface area contributed by atoms with E-state index in [1.165, 1.54) is 4.90 Å². The molecule has 194 valence electrons. The van der Waals surface area contributed by atoms with Crippen LogP contribution in [0.15, 0.2) is 54.7 Å². The second-order valence-corrected chi connectivity index (χ2v) is 10.3. The molecule has 3 aromatic rings. The third kappa shape index (κ3) is 6.44. The van der Waals surface area contributed by atoms with Crippen molar-refractivity contribution in [3.8, 4) is 17.0 Å². The van der Waals surface area contributed by atoms with E-state index in [1.54, 1.807) is 31.3 Å². The van der Waals surface area contributed by atoms with Crippen molar-refractivity contribution >= 4 is 17.9 Å². The molecule has 1 amide bonds. The fourth-order valence-electron chi connectivity index (χ4n) is 4.15. The third-order valence-corrected chi connectivity index (χ3v) is 5.99. The van der Waals surface area contributed by atoms with Crippen LogP contribution in [0.3, 0.4) is 0 Å².